The molecule has 4 aromatic rings. The molecule has 0 aliphatic heterocycles. The van der Waals surface area contributed by atoms with Gasteiger partial charge in [-0.25, -0.2) is 9.78 Å². The van der Waals surface area contributed by atoms with Crippen molar-refractivity contribution in [3.05, 3.63) is 108 Å². The molecule has 0 bridgehead atoms. The number of thioether (sulfide) groups is 1. The lowest BCUT2D eigenvalue weighted by molar-refractivity contribution is -0.116. The van der Waals surface area contributed by atoms with Crippen LogP contribution >= 0.6 is 11.8 Å². The summed E-state index contributed by atoms with van der Waals surface area (Å²) in [5, 5.41) is 3.50. The lowest BCUT2D eigenvalue weighted by atomic mass is 9.90. The normalized spacial score (nSPS) is 10.8. The van der Waals surface area contributed by atoms with Crippen molar-refractivity contribution in [1.82, 2.24) is 9.55 Å². The van der Waals surface area contributed by atoms with Crippen molar-refractivity contribution in [3.8, 4) is 5.69 Å². The Kier molecular flexibility index (Phi) is 7.44. The number of para-hydroxylation sites is 1. The van der Waals surface area contributed by atoms with Crippen LogP contribution < -0.4 is 5.32 Å². The number of esters is 1. The third kappa shape index (κ3) is 4.89. The van der Waals surface area contributed by atoms with Crippen LogP contribution in [0, 0.1) is 0 Å². The fraction of sp³-hybridized carbons (Fsp3) is 0.148. The van der Waals surface area contributed by atoms with E-state index >= 15 is 0 Å². The number of nitrogens with one attached hydrogen (secondary N) is 1. The lowest BCUT2D eigenvalue weighted by Crippen LogP contribution is -2.24. The van der Waals surface area contributed by atoms with Crippen LogP contribution in [0.1, 0.15) is 34.5 Å². The van der Waals surface area contributed by atoms with Gasteiger partial charge in [0.1, 0.15) is 0 Å². The molecule has 0 aliphatic carbocycles. The summed E-state index contributed by atoms with van der Waals surface area (Å²) in [4.78, 5) is 31.3. The molecule has 1 heterocycles. The fourth-order valence-corrected chi connectivity index (χ4v) is 4.37. The van der Waals surface area contributed by atoms with E-state index in [0.29, 0.717) is 5.16 Å². The van der Waals surface area contributed by atoms with Gasteiger partial charge in [-0.2, -0.15) is 0 Å². The molecule has 0 spiro atoms. The number of imidazole rings is 1. The topological polar surface area (TPSA) is 73.2 Å². The van der Waals surface area contributed by atoms with Crippen LogP contribution in [0.25, 0.3) is 5.69 Å². The molecular weight excluding hydrogens is 446 g/mol. The van der Waals surface area contributed by atoms with Crippen LogP contribution in [-0.4, -0.2) is 34.3 Å². The Bertz CT molecular complexity index is 1220. The van der Waals surface area contributed by atoms with E-state index in [1.807, 2.05) is 97.3 Å². The molecule has 1 N–H and O–H groups in total. The smallest absolute Gasteiger partial charge is 0.359 e. The second-order valence-corrected chi connectivity index (χ2v) is 8.20. The van der Waals surface area contributed by atoms with Crippen molar-refractivity contribution in [1.29, 1.82) is 0 Å². The van der Waals surface area contributed by atoms with Gasteiger partial charge in [-0.1, -0.05) is 90.6 Å². The van der Waals surface area contributed by atoms with Gasteiger partial charge in [0.25, 0.3) is 0 Å². The zero-order valence-corrected chi connectivity index (χ0v) is 19.8. The van der Waals surface area contributed by atoms with Gasteiger partial charge < -0.3 is 10.1 Å². The molecule has 0 unspecified atom stereocenters. The third-order valence-corrected chi connectivity index (χ3v) is 5.92. The Morgan fingerprint density at radius 2 is 1.44 bits per heavy atom. The molecule has 4 rings (SSSR count). The van der Waals surface area contributed by atoms with Gasteiger partial charge in [0.05, 0.1) is 12.5 Å². The number of hydrogen-bond donors (Lipinski definition) is 1. The van der Waals surface area contributed by atoms with Crippen molar-refractivity contribution in [3.63, 3.8) is 0 Å². The molecular formula is C27H25N3O3S. The van der Waals surface area contributed by atoms with Crippen LogP contribution in [0.3, 0.4) is 0 Å². The summed E-state index contributed by atoms with van der Waals surface area (Å²) in [6, 6.07) is 28.5. The standard InChI is InChI=1S/C27H25N3O3S/c1-3-33-26(32)23-24(29-27(34-2)30(23)21-17-11-6-12-18-21)28-25(31)22(19-13-7-4-8-14-19)20-15-9-5-10-16-20/h4-18,22H,3H2,1-2H3,(H,28,31). The second-order valence-electron chi connectivity index (χ2n) is 7.43. The maximum atomic E-state index is 13.7. The summed E-state index contributed by atoms with van der Waals surface area (Å²) in [5.41, 5.74) is 2.63. The largest absolute Gasteiger partial charge is 0.461 e. The molecule has 0 fully saturated rings. The van der Waals surface area contributed by atoms with Crippen LogP contribution in [0.2, 0.25) is 0 Å². The van der Waals surface area contributed by atoms with Gasteiger partial charge >= 0.3 is 5.97 Å². The van der Waals surface area contributed by atoms with E-state index in [1.54, 1.807) is 11.5 Å². The number of amides is 1. The van der Waals surface area contributed by atoms with Gasteiger partial charge in [-0.15, -0.1) is 0 Å². The second kappa shape index (κ2) is 10.9. The highest BCUT2D eigenvalue weighted by Crippen LogP contribution is 2.31. The Morgan fingerprint density at radius 3 is 1.94 bits per heavy atom. The molecule has 1 aromatic heterocycles. The van der Waals surface area contributed by atoms with Crippen molar-refractivity contribution < 1.29 is 14.3 Å². The predicted octanol–water partition coefficient (Wildman–Crippen LogP) is 5.54. The van der Waals surface area contributed by atoms with Crippen molar-refractivity contribution in [2.75, 3.05) is 18.2 Å². The third-order valence-electron chi connectivity index (χ3n) is 5.28. The summed E-state index contributed by atoms with van der Waals surface area (Å²) < 4.78 is 7.06. The number of carbonyl (C=O) groups excluding carboxylic acids is 2. The Hall–Kier alpha value is -3.84. The maximum Gasteiger partial charge on any atom is 0.359 e. The van der Waals surface area contributed by atoms with E-state index in [9.17, 15) is 9.59 Å². The van der Waals surface area contributed by atoms with Crippen molar-refractivity contribution in [2.45, 2.75) is 18.0 Å². The summed E-state index contributed by atoms with van der Waals surface area (Å²) in [5.74, 6) is -1.23. The van der Waals surface area contributed by atoms with Gasteiger partial charge in [-0.3, -0.25) is 9.36 Å². The highest BCUT2D eigenvalue weighted by atomic mass is 32.2. The summed E-state index contributed by atoms with van der Waals surface area (Å²) >= 11 is 1.38. The quantitative estimate of drug-likeness (QED) is 0.270. The Balaban J connectivity index is 1.80. The zero-order valence-electron chi connectivity index (χ0n) is 19.0. The molecule has 0 aliphatic rings. The van der Waals surface area contributed by atoms with Crippen LogP contribution in [0.15, 0.2) is 96.2 Å². The number of rotatable bonds is 8. The number of nitrogens with zero attached hydrogens (tertiary/aromatic N) is 2. The summed E-state index contributed by atoms with van der Waals surface area (Å²) in [7, 11) is 0. The number of aromatic nitrogens is 2. The fourth-order valence-electron chi connectivity index (χ4n) is 3.80. The molecule has 6 nitrogen and oxygen atoms in total. The number of carbonyl (C=O) groups is 2. The molecule has 34 heavy (non-hydrogen) atoms. The Morgan fingerprint density at radius 1 is 0.912 bits per heavy atom. The molecule has 7 heteroatoms. The average Bonchev–Trinajstić information content (AvgIpc) is 3.24. The molecule has 0 saturated heterocycles. The molecule has 0 radical (unpaired) electrons. The zero-order chi connectivity index (χ0) is 23.9. The van der Waals surface area contributed by atoms with Crippen molar-refractivity contribution in [2.24, 2.45) is 0 Å². The molecule has 1 amide bonds. The number of ether oxygens (including phenoxy) is 1. The molecule has 172 valence electrons. The van der Waals surface area contributed by atoms with Gasteiger partial charge in [0.15, 0.2) is 16.7 Å². The van der Waals surface area contributed by atoms with E-state index in [1.165, 1.54) is 11.8 Å². The highest BCUT2D eigenvalue weighted by molar-refractivity contribution is 7.98. The summed E-state index contributed by atoms with van der Waals surface area (Å²) in [6.45, 7) is 1.95. The van der Waals surface area contributed by atoms with Crippen LogP contribution in [-0.2, 0) is 9.53 Å². The SMILES string of the molecule is CCOC(=O)c1c(NC(=O)C(c2ccccc2)c2ccccc2)nc(SC)n1-c1ccccc1. The summed E-state index contributed by atoms with van der Waals surface area (Å²) in [6.07, 6.45) is 1.87. The molecule has 0 atom stereocenters. The minimum atomic E-state index is -0.572. The number of benzene rings is 3. The van der Waals surface area contributed by atoms with Crippen molar-refractivity contribution >= 4 is 29.5 Å². The van der Waals surface area contributed by atoms with Gasteiger partial charge in [0, 0.05) is 5.69 Å². The molecule has 3 aromatic carbocycles. The maximum absolute atomic E-state index is 13.7. The van der Waals surface area contributed by atoms with E-state index in [4.69, 9.17) is 4.74 Å². The Labute approximate surface area is 203 Å². The lowest BCUT2D eigenvalue weighted by Gasteiger charge is -2.18. The van der Waals surface area contributed by atoms with Gasteiger partial charge in [0.2, 0.25) is 5.91 Å². The van der Waals surface area contributed by atoms with E-state index in [2.05, 4.69) is 10.3 Å². The first-order valence-electron chi connectivity index (χ1n) is 10.9. The predicted molar refractivity (Wildman–Crippen MR) is 135 cm³/mol. The first-order valence-corrected chi connectivity index (χ1v) is 12.2. The van der Waals surface area contributed by atoms with Crippen LogP contribution in [0.4, 0.5) is 5.82 Å². The monoisotopic (exact) mass is 471 g/mol. The first-order chi connectivity index (χ1) is 16.6. The average molecular weight is 472 g/mol. The molecule has 0 saturated carbocycles. The van der Waals surface area contributed by atoms with E-state index in [0.717, 1.165) is 16.8 Å². The van der Waals surface area contributed by atoms with Crippen LogP contribution in [0.5, 0.6) is 0 Å². The van der Waals surface area contributed by atoms with E-state index < -0.39 is 11.9 Å². The minimum absolute atomic E-state index is 0.175. The first kappa shape index (κ1) is 23.3. The number of hydrogen-bond acceptors (Lipinski definition) is 5. The highest BCUT2D eigenvalue weighted by Gasteiger charge is 2.29. The minimum Gasteiger partial charge on any atom is -0.461 e. The van der Waals surface area contributed by atoms with Gasteiger partial charge in [-0.05, 0) is 36.4 Å². The number of anilines is 1. The van der Waals surface area contributed by atoms with E-state index in [-0.39, 0.29) is 24.0 Å².